The molecule has 2 aliphatic rings. The second-order valence-electron chi connectivity index (χ2n) is 5.27. The number of hydrogen-bond donors (Lipinski definition) is 0. The second kappa shape index (κ2) is 5.60. The molecule has 0 radical (unpaired) electrons. The first kappa shape index (κ1) is 14.3. The molecule has 0 saturated carbocycles. The molecule has 0 N–H and O–H groups in total. The quantitative estimate of drug-likeness (QED) is 0.599. The van der Waals surface area contributed by atoms with Gasteiger partial charge in [0.1, 0.15) is 18.3 Å². The largest absolute Gasteiger partial charge is 0.697 e. The molecule has 0 atom stereocenters. The fourth-order valence-electron chi connectivity index (χ4n) is 2.72. The van der Waals surface area contributed by atoms with Crippen molar-refractivity contribution < 1.29 is 4.59 Å². The molecule has 0 bridgehead atoms. The molecule has 1 aromatic carbocycles. The van der Waals surface area contributed by atoms with E-state index in [2.05, 4.69) is 4.99 Å². The summed E-state index contributed by atoms with van der Waals surface area (Å²) in [5.74, 6) is 0.801. The molecule has 6 heteroatoms. The van der Waals surface area contributed by atoms with E-state index < -0.39 is 0 Å². The van der Waals surface area contributed by atoms with Gasteiger partial charge in [-0.2, -0.15) is 9.58 Å². The summed E-state index contributed by atoms with van der Waals surface area (Å²) in [5, 5.41) is 6.61. The molecule has 1 saturated heterocycles. The Morgan fingerprint density at radius 3 is 2.55 bits per heavy atom. The Bertz CT molecular complexity index is 592. The first-order valence-electron chi connectivity index (χ1n) is 6.75. The van der Waals surface area contributed by atoms with E-state index in [9.17, 15) is 0 Å². The van der Waals surface area contributed by atoms with Gasteiger partial charge in [0.05, 0.1) is 10.0 Å². The van der Waals surface area contributed by atoms with Crippen molar-refractivity contribution in [3.05, 3.63) is 33.8 Å². The molecular formula is C14H15Cl2N3S. The van der Waals surface area contributed by atoms with Gasteiger partial charge in [0.25, 0.3) is 0 Å². The van der Waals surface area contributed by atoms with Crippen LogP contribution in [-0.4, -0.2) is 28.7 Å². The molecule has 106 valence electrons. The minimum atomic E-state index is 0.534. The summed E-state index contributed by atoms with van der Waals surface area (Å²) in [6.45, 7) is 1.96. The number of halogens is 2. The van der Waals surface area contributed by atoms with Crippen LogP contribution < -0.4 is 0 Å². The lowest BCUT2D eigenvalue weighted by Gasteiger charge is -2.35. The van der Waals surface area contributed by atoms with Crippen molar-refractivity contribution >= 4 is 46.8 Å². The lowest BCUT2D eigenvalue weighted by atomic mass is 10.1. The monoisotopic (exact) mass is 327 g/mol. The third-order valence-electron chi connectivity index (χ3n) is 3.79. The summed E-state index contributed by atoms with van der Waals surface area (Å²) in [6, 6.07) is 5.62. The predicted octanol–water partition coefficient (Wildman–Crippen LogP) is 3.77. The summed E-state index contributed by atoms with van der Waals surface area (Å²) < 4.78 is 0.534. The molecule has 0 aliphatic carbocycles. The maximum absolute atomic E-state index is 6.04. The minimum absolute atomic E-state index is 0.534. The fraction of sp³-hybridized carbons (Fsp3) is 0.429. The highest BCUT2D eigenvalue weighted by molar-refractivity contribution is 7.76. The van der Waals surface area contributed by atoms with Gasteiger partial charge < -0.3 is 12.6 Å². The highest BCUT2D eigenvalue weighted by Gasteiger charge is 2.35. The summed E-state index contributed by atoms with van der Waals surface area (Å²) in [6.07, 6.45) is 4.25. The highest BCUT2D eigenvalue weighted by Crippen LogP contribution is 2.27. The normalized spacial score (nSPS) is 20.9. The number of rotatable bonds is 2. The molecule has 0 unspecified atom stereocenters. The van der Waals surface area contributed by atoms with Gasteiger partial charge in [-0.05, 0) is 37.0 Å². The molecule has 3 nitrogen and oxygen atoms in total. The molecule has 1 spiro atoms. The minimum Gasteiger partial charge on any atom is -0.697 e. The van der Waals surface area contributed by atoms with Gasteiger partial charge in [0.15, 0.2) is 5.84 Å². The van der Waals surface area contributed by atoms with Crippen LogP contribution in [0.4, 0.5) is 0 Å². The smallest absolute Gasteiger partial charge is 0.192 e. The van der Waals surface area contributed by atoms with Crippen molar-refractivity contribution in [1.82, 2.24) is 0 Å². The zero-order valence-corrected chi connectivity index (χ0v) is 13.3. The van der Waals surface area contributed by atoms with Crippen LogP contribution in [0.2, 0.25) is 10.0 Å². The Morgan fingerprint density at radius 1 is 1.10 bits per heavy atom. The zero-order chi connectivity index (χ0) is 14.2. The highest BCUT2D eigenvalue weighted by atomic mass is 35.5. The molecule has 1 aromatic rings. The Hall–Kier alpha value is -0.680. The Morgan fingerprint density at radius 2 is 1.85 bits per heavy atom. The number of quaternary nitrogens is 1. The molecule has 0 aromatic heterocycles. The number of amidine groups is 2. The van der Waals surface area contributed by atoms with Crippen LogP contribution in [0.5, 0.6) is 0 Å². The van der Waals surface area contributed by atoms with Crippen molar-refractivity contribution in [2.24, 2.45) is 10.1 Å². The average Bonchev–Trinajstić information content (AvgIpc) is 2.71. The van der Waals surface area contributed by atoms with E-state index in [1.54, 1.807) is 6.07 Å². The van der Waals surface area contributed by atoms with Crippen molar-refractivity contribution in [3.63, 3.8) is 0 Å². The van der Waals surface area contributed by atoms with Crippen LogP contribution in [-0.2, 0) is 19.0 Å². The maximum Gasteiger partial charge on any atom is 0.192 e. The van der Waals surface area contributed by atoms with Crippen molar-refractivity contribution in [3.8, 4) is 0 Å². The summed E-state index contributed by atoms with van der Waals surface area (Å²) >= 11 is 17.4. The van der Waals surface area contributed by atoms with Crippen LogP contribution in [0.3, 0.4) is 0 Å². The van der Waals surface area contributed by atoms with Gasteiger partial charge >= 0.3 is 0 Å². The second-order valence-corrected chi connectivity index (χ2v) is 6.45. The van der Waals surface area contributed by atoms with Crippen molar-refractivity contribution in [2.75, 3.05) is 13.1 Å². The SMILES string of the molecule is [S-]C1=NC(Cc2ccc(Cl)c(Cl)c2)=N[N+]12CCCCC2. The molecule has 2 aliphatic heterocycles. The zero-order valence-electron chi connectivity index (χ0n) is 11.0. The third-order valence-corrected chi connectivity index (χ3v) is 4.96. The molecule has 20 heavy (non-hydrogen) atoms. The molecular weight excluding hydrogens is 313 g/mol. The van der Waals surface area contributed by atoms with Gasteiger partial charge in [0.2, 0.25) is 0 Å². The van der Waals surface area contributed by atoms with Crippen LogP contribution in [0.15, 0.2) is 28.3 Å². The lowest BCUT2D eigenvalue weighted by molar-refractivity contribution is -0.847. The van der Waals surface area contributed by atoms with E-state index in [0.29, 0.717) is 26.2 Å². The number of piperidine rings is 1. The lowest BCUT2D eigenvalue weighted by Crippen LogP contribution is -2.48. The maximum atomic E-state index is 6.04. The van der Waals surface area contributed by atoms with Crippen LogP contribution in [0.1, 0.15) is 24.8 Å². The van der Waals surface area contributed by atoms with Crippen LogP contribution in [0, 0.1) is 0 Å². The van der Waals surface area contributed by atoms with Crippen LogP contribution in [0.25, 0.3) is 0 Å². The van der Waals surface area contributed by atoms with Gasteiger partial charge in [-0.3, -0.25) is 0 Å². The predicted molar refractivity (Wildman–Crippen MR) is 86.2 cm³/mol. The standard InChI is InChI=1S/C14H15Cl2N3S/c15-11-5-4-10(8-12(11)16)9-13-17-14(20)19(18-13)6-2-1-3-7-19/h4-5,8H,1-3,6-7,9H2. The number of aliphatic imine (C=N–C) groups is 1. The summed E-state index contributed by atoms with van der Waals surface area (Å²) in [4.78, 5) is 4.49. The van der Waals surface area contributed by atoms with Gasteiger partial charge in [-0.15, -0.1) is 0 Å². The van der Waals surface area contributed by atoms with Gasteiger partial charge in [0, 0.05) is 6.42 Å². The van der Waals surface area contributed by atoms with E-state index in [1.165, 1.54) is 19.3 Å². The van der Waals surface area contributed by atoms with Crippen LogP contribution >= 0.6 is 23.2 Å². The first-order valence-corrected chi connectivity index (χ1v) is 7.92. The molecule has 0 amide bonds. The van der Waals surface area contributed by atoms with Crippen molar-refractivity contribution in [2.45, 2.75) is 25.7 Å². The van der Waals surface area contributed by atoms with E-state index >= 15 is 0 Å². The Labute approximate surface area is 134 Å². The Balaban J connectivity index is 1.81. The van der Waals surface area contributed by atoms with Crippen molar-refractivity contribution in [1.29, 1.82) is 0 Å². The number of benzene rings is 1. The molecule has 1 fully saturated rings. The van der Waals surface area contributed by atoms with E-state index in [4.69, 9.17) is 40.9 Å². The van der Waals surface area contributed by atoms with Gasteiger partial charge in [-0.25, -0.2) is 0 Å². The molecule has 2 heterocycles. The summed E-state index contributed by atoms with van der Waals surface area (Å²) in [5.41, 5.74) is 1.06. The van der Waals surface area contributed by atoms with Gasteiger partial charge in [-0.1, -0.05) is 34.4 Å². The van der Waals surface area contributed by atoms with E-state index in [0.717, 1.165) is 24.5 Å². The number of hydrogen-bond acceptors (Lipinski definition) is 3. The topological polar surface area (TPSA) is 24.7 Å². The molecule has 3 rings (SSSR count). The summed E-state index contributed by atoms with van der Waals surface area (Å²) in [7, 11) is 0. The van der Waals surface area contributed by atoms with E-state index in [-0.39, 0.29) is 0 Å². The Kier molecular flexibility index (Phi) is 4.00. The average molecular weight is 328 g/mol. The number of nitrogens with zero attached hydrogens (tertiary/aromatic N) is 3. The third kappa shape index (κ3) is 2.70. The van der Waals surface area contributed by atoms with E-state index in [1.807, 2.05) is 12.1 Å². The first-order chi connectivity index (χ1) is 9.59. The fourth-order valence-corrected chi connectivity index (χ4v) is 3.37.